The molecule has 3 aromatic rings. The summed E-state index contributed by atoms with van der Waals surface area (Å²) in [4.78, 5) is 31.2. The number of aromatic amines is 1. The molecule has 0 saturated heterocycles. The van der Waals surface area contributed by atoms with E-state index in [0.717, 1.165) is 25.2 Å². The zero-order valence-corrected chi connectivity index (χ0v) is 13.9. The Hall–Kier alpha value is -2.96. The predicted molar refractivity (Wildman–Crippen MR) is 93.1 cm³/mol. The van der Waals surface area contributed by atoms with Gasteiger partial charge in [0.15, 0.2) is 5.43 Å². The summed E-state index contributed by atoms with van der Waals surface area (Å²) in [6, 6.07) is 5.43. The fourth-order valence-corrected chi connectivity index (χ4v) is 2.76. The Kier molecular flexibility index (Phi) is 4.92. The fraction of sp³-hybridized carbons (Fsp3) is 0.278. The average molecular weight is 342 g/mol. The van der Waals surface area contributed by atoms with Gasteiger partial charge in [-0.1, -0.05) is 13.0 Å². The number of aryl methyl sites for hydroxylation is 2. The van der Waals surface area contributed by atoms with Crippen molar-refractivity contribution in [2.45, 2.75) is 26.3 Å². The number of hydrogen-bond acceptors (Lipinski definition) is 3. The van der Waals surface area contributed by atoms with E-state index >= 15 is 0 Å². The zero-order chi connectivity index (χ0) is 17.8. The molecule has 0 aliphatic carbocycles. The SMILES string of the molecule is CCc1nccn1CCCNC(=O)c1cc(=O)c2cccc(F)c2[nH]1. The quantitative estimate of drug-likeness (QED) is 0.674. The maximum atomic E-state index is 13.8. The first-order chi connectivity index (χ1) is 12.1. The van der Waals surface area contributed by atoms with E-state index in [1.807, 2.05) is 17.7 Å². The summed E-state index contributed by atoms with van der Waals surface area (Å²) >= 11 is 0. The van der Waals surface area contributed by atoms with Gasteiger partial charge in [-0.25, -0.2) is 9.37 Å². The minimum atomic E-state index is -0.559. The average Bonchev–Trinajstić information content (AvgIpc) is 3.06. The van der Waals surface area contributed by atoms with Crippen LogP contribution in [-0.2, 0) is 13.0 Å². The number of halogens is 1. The minimum Gasteiger partial charge on any atom is -0.351 e. The molecule has 0 radical (unpaired) electrons. The molecule has 0 unspecified atom stereocenters. The number of pyridine rings is 1. The number of nitrogens with zero attached hydrogens (tertiary/aromatic N) is 2. The molecule has 1 amide bonds. The summed E-state index contributed by atoms with van der Waals surface area (Å²) in [6.07, 6.45) is 5.24. The number of nitrogens with one attached hydrogen (secondary N) is 2. The van der Waals surface area contributed by atoms with Crippen molar-refractivity contribution >= 4 is 16.8 Å². The Morgan fingerprint density at radius 1 is 1.40 bits per heavy atom. The lowest BCUT2D eigenvalue weighted by atomic mass is 10.2. The van der Waals surface area contributed by atoms with Gasteiger partial charge in [0.1, 0.15) is 17.3 Å². The minimum absolute atomic E-state index is 0.0474. The van der Waals surface area contributed by atoms with Crippen molar-refractivity contribution in [2.24, 2.45) is 0 Å². The van der Waals surface area contributed by atoms with Gasteiger partial charge in [-0.3, -0.25) is 9.59 Å². The molecular weight excluding hydrogens is 323 g/mol. The normalized spacial score (nSPS) is 11.0. The molecule has 1 aromatic carbocycles. The molecule has 2 N–H and O–H groups in total. The highest BCUT2D eigenvalue weighted by Crippen LogP contribution is 2.12. The number of H-pyrrole nitrogens is 1. The molecule has 2 aromatic heterocycles. The molecule has 0 atom stereocenters. The van der Waals surface area contributed by atoms with E-state index in [-0.39, 0.29) is 22.0 Å². The van der Waals surface area contributed by atoms with Crippen LogP contribution in [-0.4, -0.2) is 27.0 Å². The smallest absolute Gasteiger partial charge is 0.267 e. The Morgan fingerprint density at radius 2 is 2.24 bits per heavy atom. The lowest BCUT2D eigenvalue weighted by Crippen LogP contribution is -2.27. The van der Waals surface area contributed by atoms with Crippen LogP contribution in [0.1, 0.15) is 29.7 Å². The molecule has 0 aliphatic rings. The molecule has 130 valence electrons. The second-order valence-corrected chi connectivity index (χ2v) is 5.71. The van der Waals surface area contributed by atoms with Gasteiger partial charge in [0.05, 0.1) is 5.52 Å². The van der Waals surface area contributed by atoms with Crippen LogP contribution in [0.3, 0.4) is 0 Å². The number of benzene rings is 1. The van der Waals surface area contributed by atoms with E-state index in [0.29, 0.717) is 6.54 Å². The van der Waals surface area contributed by atoms with Crippen molar-refractivity contribution in [3.05, 3.63) is 64.2 Å². The fourth-order valence-electron chi connectivity index (χ4n) is 2.76. The summed E-state index contributed by atoms with van der Waals surface area (Å²) in [5, 5.41) is 2.97. The van der Waals surface area contributed by atoms with Crippen molar-refractivity contribution in [1.82, 2.24) is 19.9 Å². The molecule has 25 heavy (non-hydrogen) atoms. The van der Waals surface area contributed by atoms with Gasteiger partial charge >= 0.3 is 0 Å². The first kappa shape index (κ1) is 16.9. The number of para-hydroxylation sites is 1. The van der Waals surface area contributed by atoms with Crippen molar-refractivity contribution in [2.75, 3.05) is 6.54 Å². The Bertz CT molecular complexity index is 961. The number of rotatable bonds is 6. The van der Waals surface area contributed by atoms with Gasteiger partial charge in [-0.2, -0.15) is 0 Å². The standard InChI is InChI=1S/C18H19FN4O2/c1-2-16-20-8-10-23(16)9-4-7-21-18(25)14-11-15(24)12-5-3-6-13(19)17(12)22-14/h3,5-6,8,10-11H,2,4,7,9H2,1H3,(H,21,25)(H,22,24). The molecule has 0 spiro atoms. The number of amides is 1. The second-order valence-electron chi connectivity index (χ2n) is 5.71. The number of aromatic nitrogens is 3. The lowest BCUT2D eigenvalue weighted by molar-refractivity contribution is 0.0948. The Labute approximate surface area is 143 Å². The number of imidazole rings is 1. The van der Waals surface area contributed by atoms with E-state index < -0.39 is 11.7 Å². The van der Waals surface area contributed by atoms with E-state index in [9.17, 15) is 14.0 Å². The Morgan fingerprint density at radius 3 is 3.04 bits per heavy atom. The van der Waals surface area contributed by atoms with Crippen molar-refractivity contribution in [3.8, 4) is 0 Å². The van der Waals surface area contributed by atoms with Crippen LogP contribution < -0.4 is 10.7 Å². The summed E-state index contributed by atoms with van der Waals surface area (Å²) in [5.74, 6) is 0.0145. The van der Waals surface area contributed by atoms with Crippen LogP contribution in [0, 0.1) is 5.82 Å². The van der Waals surface area contributed by atoms with E-state index in [1.54, 1.807) is 6.20 Å². The molecule has 0 bridgehead atoms. The topological polar surface area (TPSA) is 79.8 Å². The van der Waals surface area contributed by atoms with Crippen LogP contribution in [0.25, 0.3) is 10.9 Å². The van der Waals surface area contributed by atoms with Crippen LogP contribution in [0.4, 0.5) is 4.39 Å². The first-order valence-corrected chi connectivity index (χ1v) is 8.20. The van der Waals surface area contributed by atoms with Crippen molar-refractivity contribution in [1.29, 1.82) is 0 Å². The van der Waals surface area contributed by atoms with Gasteiger partial charge in [0, 0.05) is 43.4 Å². The molecule has 7 heteroatoms. The number of fused-ring (bicyclic) bond motifs is 1. The van der Waals surface area contributed by atoms with Gasteiger partial charge in [0.25, 0.3) is 5.91 Å². The molecular formula is C18H19FN4O2. The van der Waals surface area contributed by atoms with Crippen LogP contribution >= 0.6 is 0 Å². The molecule has 2 heterocycles. The maximum absolute atomic E-state index is 13.8. The number of hydrogen-bond donors (Lipinski definition) is 2. The zero-order valence-electron chi connectivity index (χ0n) is 13.9. The lowest BCUT2D eigenvalue weighted by Gasteiger charge is -2.08. The Balaban J connectivity index is 1.64. The van der Waals surface area contributed by atoms with Crippen LogP contribution in [0.15, 0.2) is 41.5 Å². The molecule has 0 saturated carbocycles. The predicted octanol–water partition coefficient (Wildman–Crippen LogP) is 2.25. The van der Waals surface area contributed by atoms with Gasteiger partial charge in [-0.05, 0) is 18.6 Å². The first-order valence-electron chi connectivity index (χ1n) is 8.20. The van der Waals surface area contributed by atoms with E-state index in [2.05, 4.69) is 15.3 Å². The highest BCUT2D eigenvalue weighted by atomic mass is 19.1. The summed E-state index contributed by atoms with van der Waals surface area (Å²) in [7, 11) is 0. The number of carbonyl (C=O) groups excluding carboxylic acids is 1. The summed E-state index contributed by atoms with van der Waals surface area (Å²) in [5.41, 5.74) is -0.282. The van der Waals surface area contributed by atoms with Gasteiger partial charge in [0.2, 0.25) is 0 Å². The van der Waals surface area contributed by atoms with Crippen LogP contribution in [0.5, 0.6) is 0 Å². The largest absolute Gasteiger partial charge is 0.351 e. The monoisotopic (exact) mass is 342 g/mol. The molecule has 0 fully saturated rings. The third kappa shape index (κ3) is 3.60. The molecule has 3 rings (SSSR count). The summed E-state index contributed by atoms with van der Waals surface area (Å²) in [6.45, 7) is 3.22. The third-order valence-corrected chi connectivity index (χ3v) is 4.04. The third-order valence-electron chi connectivity index (χ3n) is 4.04. The van der Waals surface area contributed by atoms with E-state index in [4.69, 9.17) is 0 Å². The summed E-state index contributed by atoms with van der Waals surface area (Å²) < 4.78 is 15.9. The van der Waals surface area contributed by atoms with Crippen molar-refractivity contribution in [3.63, 3.8) is 0 Å². The van der Waals surface area contributed by atoms with E-state index in [1.165, 1.54) is 24.3 Å². The highest BCUT2D eigenvalue weighted by molar-refractivity contribution is 5.94. The second kappa shape index (κ2) is 7.29. The van der Waals surface area contributed by atoms with Gasteiger partial charge < -0.3 is 14.9 Å². The molecule has 0 aliphatic heterocycles. The maximum Gasteiger partial charge on any atom is 0.267 e. The van der Waals surface area contributed by atoms with Gasteiger partial charge in [-0.15, -0.1) is 0 Å². The van der Waals surface area contributed by atoms with Crippen molar-refractivity contribution < 1.29 is 9.18 Å². The van der Waals surface area contributed by atoms with Crippen LogP contribution in [0.2, 0.25) is 0 Å². The highest BCUT2D eigenvalue weighted by Gasteiger charge is 2.11. The molecule has 6 nitrogen and oxygen atoms in total. The number of carbonyl (C=O) groups is 1.